The van der Waals surface area contributed by atoms with E-state index < -0.39 is 27.9 Å². The van der Waals surface area contributed by atoms with Crippen molar-refractivity contribution in [2.24, 2.45) is 0 Å². The first kappa shape index (κ1) is 28.1. The number of esters is 1. The third kappa shape index (κ3) is 7.93. The number of aliphatic hydroxyl groups excluding tert-OH is 1. The Morgan fingerprint density at radius 3 is 2.37 bits per heavy atom. The molecule has 0 radical (unpaired) electrons. The van der Waals surface area contributed by atoms with Gasteiger partial charge in [-0.1, -0.05) is 13.8 Å². The second-order valence-electron chi connectivity index (χ2n) is 8.34. The smallest absolute Gasteiger partial charge is 0.305 e. The van der Waals surface area contributed by atoms with Gasteiger partial charge in [0.25, 0.3) is 0 Å². The number of anilines is 1. The van der Waals surface area contributed by atoms with Crippen molar-refractivity contribution in [3.63, 3.8) is 0 Å². The Balaban J connectivity index is 2.51. The highest BCUT2D eigenvalue weighted by Crippen LogP contribution is 2.31. The second-order valence-corrected chi connectivity index (χ2v) is 10.3. The van der Waals surface area contributed by atoms with Gasteiger partial charge in [0, 0.05) is 31.0 Å². The topological polar surface area (TPSA) is 127 Å². The molecule has 11 heteroatoms. The number of nitrogens with zero attached hydrogens (tertiary/aromatic N) is 3. The predicted octanol–water partition coefficient (Wildman–Crippen LogP) is 3.09. The Morgan fingerprint density at radius 2 is 1.83 bits per heavy atom. The number of aromatic nitrogens is 2. The zero-order chi connectivity index (χ0) is 26.3. The number of sulfonamides is 1. The summed E-state index contributed by atoms with van der Waals surface area (Å²) in [7, 11) is -1.08. The zero-order valence-electron chi connectivity index (χ0n) is 20.4. The molecular weight excluding hydrogens is 477 g/mol. The number of hydrogen-bond donors (Lipinski definition) is 1. The molecule has 0 amide bonds. The lowest BCUT2D eigenvalue weighted by Gasteiger charge is -2.20. The molecule has 1 heterocycles. The molecule has 0 spiro atoms. The molecule has 0 aliphatic heterocycles. The summed E-state index contributed by atoms with van der Waals surface area (Å²) in [4.78, 5) is 32.6. The fraction of sp³-hybridized carbons (Fsp3) is 0.417. The minimum Gasteiger partial charge on any atom is -0.469 e. The normalized spacial score (nSPS) is 12.7. The average molecular weight is 508 g/mol. The molecule has 1 aromatic carbocycles. The van der Waals surface area contributed by atoms with Crippen LogP contribution < -0.4 is 4.31 Å². The number of carbonyl (C=O) groups excluding carboxylic acids is 2. The molecule has 1 N–H and O–H groups in total. The Hall–Kier alpha value is -3.18. The summed E-state index contributed by atoms with van der Waals surface area (Å²) in [6.07, 6.45) is 2.67. The Kier molecular flexibility index (Phi) is 9.61. The van der Waals surface area contributed by atoms with Crippen molar-refractivity contribution in [3.05, 3.63) is 47.4 Å². The van der Waals surface area contributed by atoms with Crippen LogP contribution in [-0.4, -0.2) is 61.8 Å². The van der Waals surface area contributed by atoms with Gasteiger partial charge in [-0.05, 0) is 48.8 Å². The summed E-state index contributed by atoms with van der Waals surface area (Å²) in [5, 5.41) is 10.1. The molecule has 2 aromatic rings. The molecule has 1 atom stereocenters. The molecule has 190 valence electrons. The summed E-state index contributed by atoms with van der Waals surface area (Å²) in [6, 6.07) is 5.51. The molecule has 0 aliphatic rings. The highest BCUT2D eigenvalue weighted by Gasteiger charge is 2.22. The SMILES string of the molecule is COC(=O)CC[C@H](O)CC(=O)/C=C/c1c(-c2ccc(F)cc2)nc(N(C)S(C)(=O)=O)nc1C(C)C. The lowest BCUT2D eigenvalue weighted by atomic mass is 9.97. The maximum Gasteiger partial charge on any atom is 0.305 e. The Morgan fingerprint density at radius 1 is 1.20 bits per heavy atom. The lowest BCUT2D eigenvalue weighted by Crippen LogP contribution is -2.27. The molecule has 1 aromatic heterocycles. The number of aliphatic hydroxyl groups is 1. The van der Waals surface area contributed by atoms with Gasteiger partial charge in [-0.3, -0.25) is 9.59 Å². The minimum atomic E-state index is -3.65. The van der Waals surface area contributed by atoms with Gasteiger partial charge in [-0.25, -0.2) is 27.1 Å². The van der Waals surface area contributed by atoms with E-state index in [0.29, 0.717) is 22.5 Å². The second kappa shape index (κ2) is 12.0. The first-order chi connectivity index (χ1) is 16.3. The van der Waals surface area contributed by atoms with E-state index in [-0.39, 0.29) is 36.9 Å². The van der Waals surface area contributed by atoms with E-state index in [0.717, 1.165) is 10.6 Å². The van der Waals surface area contributed by atoms with Crippen LogP contribution in [0.25, 0.3) is 17.3 Å². The zero-order valence-corrected chi connectivity index (χ0v) is 21.2. The number of rotatable bonds is 11. The van der Waals surface area contributed by atoms with Gasteiger partial charge in [-0.15, -0.1) is 0 Å². The van der Waals surface area contributed by atoms with Crippen molar-refractivity contribution in [3.8, 4) is 11.3 Å². The molecule has 2 rings (SSSR count). The fourth-order valence-electron chi connectivity index (χ4n) is 3.16. The van der Waals surface area contributed by atoms with Crippen LogP contribution in [0.5, 0.6) is 0 Å². The van der Waals surface area contributed by atoms with Gasteiger partial charge in [-0.2, -0.15) is 0 Å². The number of allylic oxidation sites excluding steroid dienone is 1. The summed E-state index contributed by atoms with van der Waals surface area (Å²) < 4.78 is 43.2. The monoisotopic (exact) mass is 507 g/mol. The number of halogens is 1. The van der Waals surface area contributed by atoms with Crippen LogP contribution in [0.4, 0.5) is 10.3 Å². The summed E-state index contributed by atoms with van der Waals surface area (Å²) in [6.45, 7) is 3.72. The van der Waals surface area contributed by atoms with Crippen LogP contribution in [0.2, 0.25) is 0 Å². The van der Waals surface area contributed by atoms with Crippen molar-refractivity contribution in [1.82, 2.24) is 9.97 Å². The number of ketones is 1. The number of methoxy groups -OCH3 is 1. The largest absolute Gasteiger partial charge is 0.469 e. The van der Waals surface area contributed by atoms with Gasteiger partial charge in [0.05, 0.1) is 30.9 Å². The van der Waals surface area contributed by atoms with Gasteiger partial charge < -0.3 is 9.84 Å². The number of carbonyl (C=O) groups is 2. The number of hydrogen-bond acceptors (Lipinski definition) is 8. The van der Waals surface area contributed by atoms with Gasteiger partial charge >= 0.3 is 5.97 Å². The highest BCUT2D eigenvalue weighted by atomic mass is 32.2. The van der Waals surface area contributed by atoms with Crippen LogP contribution >= 0.6 is 0 Å². The van der Waals surface area contributed by atoms with Crippen LogP contribution in [0.15, 0.2) is 30.3 Å². The summed E-state index contributed by atoms with van der Waals surface area (Å²) in [5.41, 5.74) is 1.78. The van der Waals surface area contributed by atoms with Gasteiger partial charge in [0.15, 0.2) is 5.78 Å². The van der Waals surface area contributed by atoms with E-state index in [1.54, 1.807) is 0 Å². The van der Waals surface area contributed by atoms with Crippen molar-refractivity contribution >= 4 is 33.8 Å². The molecule has 0 fully saturated rings. The molecule has 35 heavy (non-hydrogen) atoms. The third-order valence-corrected chi connectivity index (χ3v) is 6.35. The van der Waals surface area contributed by atoms with Crippen LogP contribution in [0.3, 0.4) is 0 Å². The van der Waals surface area contributed by atoms with E-state index in [9.17, 15) is 27.5 Å². The van der Waals surface area contributed by atoms with Crippen molar-refractivity contribution in [2.75, 3.05) is 24.7 Å². The quantitative estimate of drug-likeness (QED) is 0.363. The summed E-state index contributed by atoms with van der Waals surface area (Å²) >= 11 is 0. The van der Waals surface area contributed by atoms with E-state index in [1.165, 1.54) is 50.6 Å². The first-order valence-corrected chi connectivity index (χ1v) is 12.8. The van der Waals surface area contributed by atoms with E-state index in [2.05, 4.69) is 14.7 Å². The average Bonchev–Trinajstić information content (AvgIpc) is 2.80. The molecule has 0 bridgehead atoms. The maximum atomic E-state index is 13.6. The molecule has 0 aliphatic carbocycles. The highest BCUT2D eigenvalue weighted by molar-refractivity contribution is 7.92. The van der Waals surface area contributed by atoms with Crippen molar-refractivity contribution in [1.29, 1.82) is 0 Å². The molecule has 0 saturated heterocycles. The van der Waals surface area contributed by atoms with Crippen molar-refractivity contribution < 1.29 is 32.2 Å². The molecular formula is C24H30FN3O6S. The molecule has 0 unspecified atom stereocenters. The standard InChI is InChI=1S/C24H30FN3O6S/c1-15(2)22-20(12-10-18(29)14-19(30)11-13-21(31)34-4)23(16-6-8-17(25)9-7-16)27-24(26-22)28(3)35(5,32)33/h6-10,12,15,19,30H,11,13-14H2,1-5H3/b12-10+/t19-/m0/s1. The summed E-state index contributed by atoms with van der Waals surface area (Å²) in [5.74, 6) is -1.55. The minimum absolute atomic E-state index is 0.00989. The third-order valence-electron chi connectivity index (χ3n) is 5.19. The van der Waals surface area contributed by atoms with Crippen molar-refractivity contribution in [2.45, 2.75) is 45.1 Å². The molecule has 0 saturated carbocycles. The number of ether oxygens (including phenoxy) is 1. The van der Waals surface area contributed by atoms with E-state index in [1.807, 2.05) is 13.8 Å². The lowest BCUT2D eigenvalue weighted by molar-refractivity contribution is -0.141. The van der Waals surface area contributed by atoms with Crippen LogP contribution in [-0.2, 0) is 24.3 Å². The van der Waals surface area contributed by atoms with E-state index in [4.69, 9.17) is 0 Å². The van der Waals surface area contributed by atoms with Crippen LogP contribution in [0.1, 0.15) is 50.3 Å². The Labute approximate surface area is 204 Å². The van der Waals surface area contributed by atoms with Gasteiger partial charge in [0.2, 0.25) is 16.0 Å². The molecule has 9 nitrogen and oxygen atoms in total. The Bertz CT molecular complexity index is 1200. The number of benzene rings is 1. The first-order valence-electron chi connectivity index (χ1n) is 10.9. The predicted molar refractivity (Wildman–Crippen MR) is 131 cm³/mol. The van der Waals surface area contributed by atoms with E-state index >= 15 is 0 Å². The fourth-order valence-corrected chi connectivity index (χ4v) is 3.54. The van der Waals surface area contributed by atoms with Crippen LogP contribution in [0, 0.1) is 5.82 Å². The maximum absolute atomic E-state index is 13.6. The van der Waals surface area contributed by atoms with Gasteiger partial charge in [0.1, 0.15) is 5.82 Å².